The van der Waals surface area contributed by atoms with Crippen LogP contribution in [-0.2, 0) is 38.2 Å². The summed E-state index contributed by atoms with van der Waals surface area (Å²) in [6, 6.07) is 20.2. The van der Waals surface area contributed by atoms with Crippen LogP contribution in [0.2, 0.25) is 0 Å². The SMILES string of the molecule is COC(=O)[C@H]1O[C@@H](Oc2ccc(/C=C/CO)cc2NC(=O)CCNC(=O)OCC2c3ccccc3-c3ccccc32)[C@H](CC(=O)O)[C@@H](CC(=O)O)[C@@H]1CC(=O)O. The van der Waals surface area contributed by atoms with Crippen LogP contribution in [0.1, 0.15) is 48.3 Å². The zero-order chi connectivity index (χ0) is 40.4. The standard InChI is InChI=1S/C40H42N2O14/c1-53-38(51)37-28(19-35(47)48)27(18-34(45)46)29(20-36(49)50)39(56-37)55-32-13-12-22(7-6-16-43)17-31(32)42-33(44)14-15-41-40(52)54-21-30-25-10-4-2-8-23(25)24-9-3-5-11-26(24)30/h2-13,17,27-30,37,39,43H,14-16,18-21H2,1H3,(H,41,52)(H,42,44)(H,45,46)(H,47,48)(H,49,50)/b7-6+/t27-,28-,29+,37-,39+/m0/s1. The molecule has 296 valence electrons. The third-order valence-electron chi connectivity index (χ3n) is 9.69. The fourth-order valence-corrected chi connectivity index (χ4v) is 7.27. The second kappa shape index (κ2) is 18.9. The average Bonchev–Trinajstić information content (AvgIpc) is 3.48. The summed E-state index contributed by atoms with van der Waals surface area (Å²) >= 11 is 0. The minimum atomic E-state index is -1.63. The molecule has 6 N–H and O–H groups in total. The Morgan fingerprint density at radius 3 is 2.02 bits per heavy atom. The van der Waals surface area contributed by atoms with E-state index in [4.69, 9.17) is 18.9 Å². The third kappa shape index (κ3) is 10.1. The Hall–Kier alpha value is -6.26. The number of aliphatic hydroxyl groups excluding tert-OH is 1. The summed E-state index contributed by atoms with van der Waals surface area (Å²) in [5.74, 6) is -9.72. The number of carbonyl (C=O) groups is 6. The van der Waals surface area contributed by atoms with Crippen LogP contribution in [0, 0.1) is 17.8 Å². The molecular formula is C40H42N2O14. The molecule has 5 atom stereocenters. The molecule has 0 saturated carbocycles. The molecule has 0 radical (unpaired) electrons. The number of fused-ring (bicyclic) bond motifs is 3. The largest absolute Gasteiger partial charge is 0.481 e. The number of hydrogen-bond donors (Lipinski definition) is 6. The van der Waals surface area contributed by atoms with Gasteiger partial charge in [0.05, 0.1) is 32.2 Å². The van der Waals surface area contributed by atoms with Gasteiger partial charge in [0, 0.05) is 37.1 Å². The number of hydrogen-bond acceptors (Lipinski definition) is 11. The highest BCUT2D eigenvalue weighted by Gasteiger charge is 2.52. The molecule has 1 aliphatic heterocycles. The first kappa shape index (κ1) is 40.9. The van der Waals surface area contributed by atoms with E-state index in [0.29, 0.717) is 5.56 Å². The number of aliphatic hydroxyl groups is 1. The number of amides is 2. The maximum Gasteiger partial charge on any atom is 0.407 e. The van der Waals surface area contributed by atoms with Gasteiger partial charge in [-0.3, -0.25) is 19.2 Å². The zero-order valence-corrected chi connectivity index (χ0v) is 30.3. The number of esters is 1. The molecular weight excluding hydrogens is 732 g/mol. The molecule has 1 fully saturated rings. The summed E-state index contributed by atoms with van der Waals surface area (Å²) in [6.45, 7) is -0.322. The van der Waals surface area contributed by atoms with Crippen LogP contribution in [0.25, 0.3) is 17.2 Å². The number of carboxylic acids is 3. The quantitative estimate of drug-likeness (QED) is 0.106. The highest BCUT2D eigenvalue weighted by atomic mass is 16.7. The number of aliphatic carboxylic acids is 3. The molecule has 0 unspecified atom stereocenters. The molecule has 3 aromatic carbocycles. The summed E-state index contributed by atoms with van der Waals surface area (Å²) in [4.78, 5) is 74.5. The number of carbonyl (C=O) groups excluding carboxylic acids is 3. The second-order valence-electron chi connectivity index (χ2n) is 13.2. The summed E-state index contributed by atoms with van der Waals surface area (Å²) in [7, 11) is 1.03. The predicted molar refractivity (Wildman–Crippen MR) is 197 cm³/mol. The number of benzene rings is 3. The molecule has 2 amide bonds. The lowest BCUT2D eigenvalue weighted by atomic mass is 9.71. The number of nitrogens with one attached hydrogen (secondary N) is 2. The number of carboxylic acid groups (broad SMARTS) is 3. The molecule has 16 nitrogen and oxygen atoms in total. The molecule has 5 rings (SSSR count). The van der Waals surface area contributed by atoms with E-state index in [1.165, 1.54) is 18.2 Å². The highest BCUT2D eigenvalue weighted by molar-refractivity contribution is 5.93. The van der Waals surface area contributed by atoms with E-state index in [2.05, 4.69) is 10.6 Å². The molecule has 2 aliphatic rings. The predicted octanol–water partition coefficient (Wildman–Crippen LogP) is 4.11. The van der Waals surface area contributed by atoms with E-state index in [0.717, 1.165) is 29.4 Å². The van der Waals surface area contributed by atoms with Crippen molar-refractivity contribution in [2.24, 2.45) is 17.8 Å². The monoisotopic (exact) mass is 774 g/mol. The Balaban J connectivity index is 1.29. The first-order chi connectivity index (χ1) is 26.9. The van der Waals surface area contributed by atoms with Crippen LogP contribution in [0.3, 0.4) is 0 Å². The Kier molecular flexibility index (Phi) is 13.8. The highest BCUT2D eigenvalue weighted by Crippen LogP contribution is 2.45. The number of methoxy groups -OCH3 is 1. The van der Waals surface area contributed by atoms with Crippen LogP contribution in [-0.4, -0.2) is 95.6 Å². The topological polar surface area (TPSA) is 244 Å². The van der Waals surface area contributed by atoms with Crippen LogP contribution in [0.5, 0.6) is 5.75 Å². The van der Waals surface area contributed by atoms with Crippen molar-refractivity contribution in [3.63, 3.8) is 0 Å². The molecule has 0 spiro atoms. The van der Waals surface area contributed by atoms with E-state index in [1.54, 1.807) is 12.1 Å². The molecule has 3 aromatic rings. The molecule has 56 heavy (non-hydrogen) atoms. The van der Waals surface area contributed by atoms with Gasteiger partial charge in [-0.2, -0.15) is 0 Å². The van der Waals surface area contributed by atoms with Gasteiger partial charge >= 0.3 is 30.0 Å². The lowest BCUT2D eigenvalue weighted by molar-refractivity contribution is -0.233. The maximum absolute atomic E-state index is 13.2. The van der Waals surface area contributed by atoms with Crippen LogP contribution >= 0.6 is 0 Å². The summed E-state index contributed by atoms with van der Waals surface area (Å²) in [5, 5.41) is 43.7. The second-order valence-corrected chi connectivity index (χ2v) is 13.2. The minimum absolute atomic E-state index is 0.0472. The van der Waals surface area contributed by atoms with Crippen molar-refractivity contribution in [3.8, 4) is 16.9 Å². The van der Waals surface area contributed by atoms with Gasteiger partial charge in [-0.1, -0.05) is 66.7 Å². The minimum Gasteiger partial charge on any atom is -0.481 e. The summed E-state index contributed by atoms with van der Waals surface area (Å²) < 4.78 is 22.4. The van der Waals surface area contributed by atoms with Gasteiger partial charge in [0.1, 0.15) is 12.4 Å². The van der Waals surface area contributed by atoms with E-state index in [9.17, 15) is 49.2 Å². The van der Waals surface area contributed by atoms with Crippen molar-refractivity contribution in [1.82, 2.24) is 5.32 Å². The van der Waals surface area contributed by atoms with Crippen LogP contribution < -0.4 is 15.4 Å². The van der Waals surface area contributed by atoms with Gasteiger partial charge in [-0.05, 0) is 45.9 Å². The maximum atomic E-state index is 13.2. The van der Waals surface area contributed by atoms with Gasteiger partial charge in [-0.25, -0.2) is 9.59 Å². The lowest BCUT2D eigenvalue weighted by Crippen LogP contribution is -2.54. The smallest absolute Gasteiger partial charge is 0.407 e. The molecule has 1 heterocycles. The van der Waals surface area contributed by atoms with E-state index in [1.807, 2.05) is 48.5 Å². The van der Waals surface area contributed by atoms with E-state index < -0.39 is 85.3 Å². The lowest BCUT2D eigenvalue weighted by Gasteiger charge is -2.44. The molecule has 1 saturated heterocycles. The van der Waals surface area contributed by atoms with Crippen molar-refractivity contribution in [1.29, 1.82) is 0 Å². The Bertz CT molecular complexity index is 1930. The van der Waals surface area contributed by atoms with Crippen molar-refractivity contribution in [2.45, 2.75) is 44.0 Å². The number of alkyl carbamates (subject to hydrolysis) is 1. The average molecular weight is 775 g/mol. The van der Waals surface area contributed by atoms with Gasteiger partial charge in [0.2, 0.25) is 12.2 Å². The van der Waals surface area contributed by atoms with Crippen molar-refractivity contribution in [3.05, 3.63) is 89.5 Å². The van der Waals surface area contributed by atoms with Crippen LogP contribution in [0.15, 0.2) is 72.8 Å². The number of rotatable bonds is 17. The number of anilines is 1. The zero-order valence-electron chi connectivity index (χ0n) is 30.3. The Morgan fingerprint density at radius 1 is 0.804 bits per heavy atom. The first-order valence-electron chi connectivity index (χ1n) is 17.8. The Morgan fingerprint density at radius 2 is 1.41 bits per heavy atom. The summed E-state index contributed by atoms with van der Waals surface area (Å²) in [6.07, 6.45) is -3.36. The normalized spacial score (nSPS) is 20.0. The first-order valence-corrected chi connectivity index (χ1v) is 17.8. The fourth-order valence-electron chi connectivity index (χ4n) is 7.27. The fraction of sp³-hybridized carbons (Fsp3) is 0.350. The van der Waals surface area contributed by atoms with E-state index >= 15 is 0 Å². The van der Waals surface area contributed by atoms with Gasteiger partial charge in [0.25, 0.3) is 0 Å². The Labute approximate surface area is 321 Å². The third-order valence-corrected chi connectivity index (χ3v) is 9.69. The van der Waals surface area contributed by atoms with Gasteiger partial charge < -0.3 is 50.0 Å². The van der Waals surface area contributed by atoms with Gasteiger partial charge in [0.15, 0.2) is 6.10 Å². The van der Waals surface area contributed by atoms with E-state index in [-0.39, 0.29) is 43.5 Å². The van der Waals surface area contributed by atoms with Crippen molar-refractivity contribution >= 4 is 47.6 Å². The van der Waals surface area contributed by atoms with Gasteiger partial charge in [-0.15, -0.1) is 0 Å². The van der Waals surface area contributed by atoms with Crippen LogP contribution in [0.4, 0.5) is 10.5 Å². The van der Waals surface area contributed by atoms with Crippen molar-refractivity contribution < 1.29 is 68.1 Å². The van der Waals surface area contributed by atoms with Crippen molar-refractivity contribution in [2.75, 3.05) is 32.2 Å². The molecule has 0 bridgehead atoms. The molecule has 0 aromatic heterocycles. The summed E-state index contributed by atoms with van der Waals surface area (Å²) in [5.41, 5.74) is 4.79. The number of ether oxygens (including phenoxy) is 4. The molecule has 1 aliphatic carbocycles. The molecule has 16 heteroatoms.